The van der Waals surface area contributed by atoms with Gasteiger partial charge in [-0.3, -0.25) is 0 Å². The van der Waals surface area contributed by atoms with Crippen molar-refractivity contribution in [3.8, 4) is 0 Å². The van der Waals surface area contributed by atoms with Crippen molar-refractivity contribution >= 4 is 11.3 Å². The van der Waals surface area contributed by atoms with Gasteiger partial charge in [-0.1, -0.05) is 0 Å². The number of aromatic nitrogens is 2. The van der Waals surface area contributed by atoms with E-state index in [1.165, 1.54) is 15.3 Å². The first-order valence-electron chi connectivity index (χ1n) is 4.57. The predicted molar refractivity (Wildman–Crippen MR) is 58.6 cm³/mol. The van der Waals surface area contributed by atoms with Crippen molar-refractivity contribution < 1.29 is 0 Å². The molecule has 3 heteroatoms. The van der Waals surface area contributed by atoms with Crippen molar-refractivity contribution in [2.45, 2.75) is 20.3 Å². The molecule has 2 nitrogen and oxygen atoms in total. The molecule has 0 atom stereocenters. The SMILES string of the molecule is Cc1cc(Cc2ncccn2)c(C)s1. The van der Waals surface area contributed by atoms with Crippen LogP contribution in [-0.4, -0.2) is 9.97 Å². The fraction of sp³-hybridized carbons (Fsp3) is 0.273. The molecule has 0 unspecified atom stereocenters. The zero-order chi connectivity index (χ0) is 9.97. The maximum absolute atomic E-state index is 4.22. The summed E-state index contributed by atoms with van der Waals surface area (Å²) in [6.07, 6.45) is 4.42. The van der Waals surface area contributed by atoms with Gasteiger partial charge in [0, 0.05) is 28.6 Å². The molecule has 2 aromatic heterocycles. The zero-order valence-corrected chi connectivity index (χ0v) is 9.14. The second-order valence-electron chi connectivity index (χ2n) is 3.28. The van der Waals surface area contributed by atoms with Gasteiger partial charge in [0.25, 0.3) is 0 Å². The van der Waals surface area contributed by atoms with Crippen LogP contribution in [0.3, 0.4) is 0 Å². The van der Waals surface area contributed by atoms with Gasteiger partial charge in [-0.2, -0.15) is 0 Å². The molecule has 0 N–H and O–H groups in total. The first-order valence-corrected chi connectivity index (χ1v) is 5.39. The normalized spacial score (nSPS) is 10.4. The minimum atomic E-state index is 0.844. The Morgan fingerprint density at radius 2 is 1.93 bits per heavy atom. The molecule has 2 aromatic rings. The first-order chi connectivity index (χ1) is 6.75. The highest BCUT2D eigenvalue weighted by molar-refractivity contribution is 7.12. The van der Waals surface area contributed by atoms with E-state index in [-0.39, 0.29) is 0 Å². The number of hydrogen-bond acceptors (Lipinski definition) is 3. The topological polar surface area (TPSA) is 25.8 Å². The summed E-state index contributed by atoms with van der Waals surface area (Å²) in [5.41, 5.74) is 1.35. The quantitative estimate of drug-likeness (QED) is 0.751. The molecule has 0 amide bonds. The van der Waals surface area contributed by atoms with Gasteiger partial charge in [-0.05, 0) is 31.5 Å². The van der Waals surface area contributed by atoms with Crippen molar-refractivity contribution in [2.75, 3.05) is 0 Å². The molecule has 72 valence electrons. The van der Waals surface area contributed by atoms with Crippen LogP contribution in [0.4, 0.5) is 0 Å². The molecule has 0 aliphatic rings. The summed E-state index contributed by atoms with van der Waals surface area (Å²) in [7, 11) is 0. The summed E-state index contributed by atoms with van der Waals surface area (Å²) in [6.45, 7) is 4.28. The van der Waals surface area contributed by atoms with E-state index in [4.69, 9.17) is 0 Å². The average Bonchev–Trinajstić information content (AvgIpc) is 2.47. The number of thiophene rings is 1. The molecule has 0 spiro atoms. The van der Waals surface area contributed by atoms with Crippen LogP contribution in [0.5, 0.6) is 0 Å². The first kappa shape index (κ1) is 9.34. The van der Waals surface area contributed by atoms with E-state index >= 15 is 0 Å². The van der Waals surface area contributed by atoms with E-state index in [2.05, 4.69) is 29.9 Å². The third kappa shape index (κ3) is 1.99. The minimum Gasteiger partial charge on any atom is -0.241 e. The summed E-state index contributed by atoms with van der Waals surface area (Å²) in [4.78, 5) is 11.2. The highest BCUT2D eigenvalue weighted by Crippen LogP contribution is 2.21. The van der Waals surface area contributed by atoms with Gasteiger partial charge < -0.3 is 0 Å². The van der Waals surface area contributed by atoms with Crippen molar-refractivity contribution in [1.29, 1.82) is 0 Å². The molecule has 14 heavy (non-hydrogen) atoms. The smallest absolute Gasteiger partial charge is 0.132 e. The largest absolute Gasteiger partial charge is 0.241 e. The zero-order valence-electron chi connectivity index (χ0n) is 8.32. The van der Waals surface area contributed by atoms with Gasteiger partial charge in [0.15, 0.2) is 0 Å². The Morgan fingerprint density at radius 3 is 2.50 bits per heavy atom. The molecule has 0 saturated carbocycles. The summed E-state index contributed by atoms with van der Waals surface area (Å²) < 4.78 is 0. The van der Waals surface area contributed by atoms with Crippen LogP contribution in [-0.2, 0) is 6.42 Å². The molecule has 0 aliphatic heterocycles. The standard InChI is InChI=1S/C11H12N2S/c1-8-6-10(9(2)14-8)7-11-12-4-3-5-13-11/h3-6H,7H2,1-2H3. The predicted octanol–water partition coefficient (Wildman–Crippen LogP) is 2.75. The third-order valence-electron chi connectivity index (χ3n) is 2.11. The lowest BCUT2D eigenvalue weighted by Crippen LogP contribution is -1.94. The molecule has 0 bridgehead atoms. The van der Waals surface area contributed by atoms with Crippen LogP contribution in [0.25, 0.3) is 0 Å². The van der Waals surface area contributed by atoms with Crippen molar-refractivity contribution in [1.82, 2.24) is 9.97 Å². The Kier molecular flexibility index (Phi) is 2.59. The average molecular weight is 204 g/mol. The summed E-state index contributed by atoms with van der Waals surface area (Å²) in [6, 6.07) is 4.06. The van der Waals surface area contributed by atoms with Gasteiger partial charge in [0.2, 0.25) is 0 Å². The Balaban J connectivity index is 2.23. The van der Waals surface area contributed by atoms with Crippen LogP contribution < -0.4 is 0 Å². The Morgan fingerprint density at radius 1 is 1.21 bits per heavy atom. The minimum absolute atomic E-state index is 0.844. The summed E-state index contributed by atoms with van der Waals surface area (Å²) >= 11 is 1.83. The van der Waals surface area contributed by atoms with E-state index < -0.39 is 0 Å². The number of hydrogen-bond donors (Lipinski definition) is 0. The van der Waals surface area contributed by atoms with Crippen LogP contribution >= 0.6 is 11.3 Å². The van der Waals surface area contributed by atoms with Gasteiger partial charge in [0.1, 0.15) is 5.82 Å². The van der Waals surface area contributed by atoms with Gasteiger partial charge in [-0.15, -0.1) is 11.3 Å². The van der Waals surface area contributed by atoms with Crippen LogP contribution in [0.2, 0.25) is 0 Å². The van der Waals surface area contributed by atoms with E-state index in [0.29, 0.717) is 0 Å². The molecular weight excluding hydrogens is 192 g/mol. The number of aryl methyl sites for hydroxylation is 2. The molecule has 0 radical (unpaired) electrons. The second-order valence-corrected chi connectivity index (χ2v) is 4.74. The van der Waals surface area contributed by atoms with Gasteiger partial charge >= 0.3 is 0 Å². The Bertz CT molecular complexity index is 420. The number of nitrogens with zero attached hydrogens (tertiary/aromatic N) is 2. The van der Waals surface area contributed by atoms with Gasteiger partial charge in [0.05, 0.1) is 0 Å². The van der Waals surface area contributed by atoms with E-state index in [0.717, 1.165) is 12.2 Å². The maximum atomic E-state index is 4.22. The molecule has 0 aromatic carbocycles. The molecule has 2 heterocycles. The van der Waals surface area contributed by atoms with Crippen molar-refractivity contribution in [3.05, 3.63) is 45.7 Å². The molecule has 2 rings (SSSR count). The molecule has 0 fully saturated rings. The molecule has 0 aliphatic carbocycles. The van der Waals surface area contributed by atoms with Crippen LogP contribution in [0.15, 0.2) is 24.5 Å². The lowest BCUT2D eigenvalue weighted by atomic mass is 10.2. The highest BCUT2D eigenvalue weighted by Gasteiger charge is 2.04. The fourth-order valence-corrected chi connectivity index (χ4v) is 2.40. The highest BCUT2D eigenvalue weighted by atomic mass is 32.1. The molecule has 0 saturated heterocycles. The monoisotopic (exact) mass is 204 g/mol. The Hall–Kier alpha value is -1.22. The number of rotatable bonds is 2. The van der Waals surface area contributed by atoms with E-state index in [1.807, 2.05) is 17.4 Å². The fourth-order valence-electron chi connectivity index (χ4n) is 1.45. The van der Waals surface area contributed by atoms with Crippen molar-refractivity contribution in [2.24, 2.45) is 0 Å². The molecular formula is C11H12N2S. The summed E-state index contributed by atoms with van der Waals surface area (Å²) in [5, 5.41) is 0. The van der Waals surface area contributed by atoms with Crippen molar-refractivity contribution in [3.63, 3.8) is 0 Å². The van der Waals surface area contributed by atoms with E-state index in [9.17, 15) is 0 Å². The lowest BCUT2D eigenvalue weighted by molar-refractivity contribution is 0.966. The van der Waals surface area contributed by atoms with Crippen LogP contribution in [0, 0.1) is 13.8 Å². The second kappa shape index (κ2) is 3.88. The maximum Gasteiger partial charge on any atom is 0.132 e. The third-order valence-corrected chi connectivity index (χ3v) is 3.12. The van der Waals surface area contributed by atoms with Gasteiger partial charge in [-0.25, -0.2) is 9.97 Å². The lowest BCUT2D eigenvalue weighted by Gasteiger charge is -1.97. The Labute approximate surface area is 87.7 Å². The summed E-state index contributed by atoms with van der Waals surface area (Å²) in [5.74, 6) is 0.897. The van der Waals surface area contributed by atoms with Crippen LogP contribution in [0.1, 0.15) is 21.1 Å². The van der Waals surface area contributed by atoms with E-state index in [1.54, 1.807) is 12.4 Å².